The molecule has 3 heterocycles. The van der Waals surface area contributed by atoms with Crippen molar-refractivity contribution < 1.29 is 28.1 Å². The molecule has 0 saturated carbocycles. The van der Waals surface area contributed by atoms with E-state index >= 15 is 0 Å². The van der Waals surface area contributed by atoms with E-state index in [9.17, 15) is 23.4 Å². The maximum absolute atomic E-state index is 13.4. The molecule has 1 unspecified atom stereocenters. The second-order valence-electron chi connectivity index (χ2n) is 7.74. The Morgan fingerprint density at radius 3 is 2.75 bits per heavy atom. The van der Waals surface area contributed by atoms with Gasteiger partial charge in [0.05, 0.1) is 48.6 Å². The number of fused-ring (bicyclic) bond motifs is 1. The highest BCUT2D eigenvalue weighted by atomic mass is 19.4. The first-order valence-electron chi connectivity index (χ1n) is 10.1. The highest BCUT2D eigenvalue weighted by Gasteiger charge is 2.33. The first-order valence-corrected chi connectivity index (χ1v) is 10.1. The van der Waals surface area contributed by atoms with Crippen LogP contribution >= 0.6 is 0 Å². The molecule has 0 spiro atoms. The minimum atomic E-state index is -4.46. The minimum Gasteiger partial charge on any atom is -0.396 e. The molecule has 8 nitrogen and oxygen atoms in total. The van der Waals surface area contributed by atoms with Gasteiger partial charge in [0, 0.05) is 25.6 Å². The van der Waals surface area contributed by atoms with Crippen molar-refractivity contribution in [1.82, 2.24) is 14.6 Å². The maximum Gasteiger partial charge on any atom is 0.416 e. The van der Waals surface area contributed by atoms with Gasteiger partial charge in [-0.25, -0.2) is 9.50 Å². The van der Waals surface area contributed by atoms with Gasteiger partial charge >= 0.3 is 6.18 Å². The number of hydrogen-bond acceptors (Lipinski definition) is 7. The molecule has 172 valence electrons. The molecule has 0 amide bonds. The average Bonchev–Trinajstić information content (AvgIpc) is 3.12. The second-order valence-corrected chi connectivity index (χ2v) is 7.74. The Kier molecular flexibility index (Phi) is 5.97. The first-order chi connectivity index (χ1) is 15.2. The van der Waals surface area contributed by atoms with E-state index in [1.54, 1.807) is 12.1 Å². The van der Waals surface area contributed by atoms with Crippen molar-refractivity contribution in [3.05, 3.63) is 52.3 Å². The fraction of sp³-hybridized carbons (Fsp3) is 0.429. The molecule has 32 heavy (non-hydrogen) atoms. The van der Waals surface area contributed by atoms with Crippen LogP contribution in [0.2, 0.25) is 0 Å². The molecule has 2 aromatic heterocycles. The summed E-state index contributed by atoms with van der Waals surface area (Å²) >= 11 is 0. The number of rotatable bonds is 5. The number of anilines is 2. The number of halogens is 3. The molecular weight excluding hydrogens is 427 g/mol. The molecule has 0 bridgehead atoms. The summed E-state index contributed by atoms with van der Waals surface area (Å²) in [6, 6.07) is 5.68. The molecule has 0 radical (unpaired) electrons. The zero-order chi connectivity index (χ0) is 23.0. The number of aliphatic hydroxyl groups is 2. The molecule has 4 rings (SSSR count). The summed E-state index contributed by atoms with van der Waals surface area (Å²) in [6.07, 6.45) is -4.73. The number of morpholine rings is 1. The Morgan fingerprint density at radius 2 is 2.06 bits per heavy atom. The van der Waals surface area contributed by atoms with Gasteiger partial charge in [-0.05, 0) is 24.1 Å². The minimum absolute atomic E-state index is 0.0884. The van der Waals surface area contributed by atoms with Gasteiger partial charge in [-0.2, -0.15) is 13.2 Å². The van der Waals surface area contributed by atoms with Crippen LogP contribution in [0.4, 0.5) is 24.7 Å². The molecule has 1 aliphatic heterocycles. The highest BCUT2D eigenvalue weighted by Crippen LogP contribution is 2.34. The van der Waals surface area contributed by atoms with Gasteiger partial charge in [-0.1, -0.05) is 12.1 Å². The average molecular weight is 451 g/mol. The molecule has 1 atom stereocenters. The number of nitrogens with zero attached hydrogens (tertiary/aromatic N) is 4. The fourth-order valence-electron chi connectivity index (χ4n) is 3.98. The van der Waals surface area contributed by atoms with Crippen LogP contribution < -0.4 is 10.6 Å². The van der Waals surface area contributed by atoms with Gasteiger partial charge in [0.2, 0.25) is 0 Å². The van der Waals surface area contributed by atoms with E-state index < -0.39 is 18.3 Å². The number of hydrogen-bond donors (Lipinski definition) is 3. The van der Waals surface area contributed by atoms with Crippen LogP contribution in [0.25, 0.3) is 5.65 Å². The smallest absolute Gasteiger partial charge is 0.396 e. The third-order valence-electron chi connectivity index (χ3n) is 5.70. The van der Waals surface area contributed by atoms with Crippen LogP contribution in [-0.4, -0.2) is 57.2 Å². The van der Waals surface area contributed by atoms with Crippen LogP contribution in [0.3, 0.4) is 0 Å². The Labute approximate surface area is 182 Å². The quantitative estimate of drug-likeness (QED) is 0.544. The number of nitrogen functional groups attached to an aromatic ring is 1. The van der Waals surface area contributed by atoms with Gasteiger partial charge in [0.1, 0.15) is 0 Å². The van der Waals surface area contributed by atoms with Gasteiger partial charge in [-0.15, -0.1) is 5.10 Å². The number of ether oxygens (including phenoxy) is 1. The Hall–Kier alpha value is -2.89. The van der Waals surface area contributed by atoms with Crippen molar-refractivity contribution in [3.8, 4) is 0 Å². The molecule has 11 heteroatoms. The van der Waals surface area contributed by atoms with E-state index in [4.69, 9.17) is 10.5 Å². The van der Waals surface area contributed by atoms with Crippen LogP contribution in [0.5, 0.6) is 0 Å². The lowest BCUT2D eigenvalue weighted by atomic mass is 9.98. The lowest BCUT2D eigenvalue weighted by Gasteiger charge is -2.32. The number of aliphatic hydroxyl groups excluding tert-OH is 2. The topological polar surface area (TPSA) is 109 Å². The van der Waals surface area contributed by atoms with E-state index in [0.717, 1.165) is 6.07 Å². The molecule has 4 N–H and O–H groups in total. The molecule has 1 aromatic carbocycles. The summed E-state index contributed by atoms with van der Waals surface area (Å²) < 4.78 is 47.0. The SMILES string of the molecule is Cc1c(Cc2c(CO)nc3c(N)cc(N4CCOC(CO)C4)nn23)cccc1C(F)(F)F. The van der Waals surface area contributed by atoms with Crippen molar-refractivity contribution in [2.75, 3.05) is 36.9 Å². The number of alkyl halides is 3. The normalized spacial score (nSPS) is 17.3. The Balaban J connectivity index is 1.79. The van der Waals surface area contributed by atoms with E-state index in [1.165, 1.54) is 17.5 Å². The predicted molar refractivity (Wildman–Crippen MR) is 111 cm³/mol. The lowest BCUT2D eigenvalue weighted by molar-refractivity contribution is -0.138. The van der Waals surface area contributed by atoms with E-state index in [1.807, 2.05) is 4.90 Å². The second kappa shape index (κ2) is 8.57. The van der Waals surface area contributed by atoms with Crippen molar-refractivity contribution in [1.29, 1.82) is 0 Å². The summed E-state index contributed by atoms with van der Waals surface area (Å²) in [4.78, 5) is 6.28. The molecule has 0 aliphatic carbocycles. The third kappa shape index (κ3) is 4.10. The van der Waals surface area contributed by atoms with Gasteiger partial charge < -0.3 is 25.6 Å². The van der Waals surface area contributed by atoms with Crippen molar-refractivity contribution in [3.63, 3.8) is 0 Å². The molecule has 1 aliphatic rings. The first kappa shape index (κ1) is 22.3. The maximum atomic E-state index is 13.4. The van der Waals surface area contributed by atoms with Crippen molar-refractivity contribution in [2.24, 2.45) is 0 Å². The van der Waals surface area contributed by atoms with Gasteiger partial charge in [-0.3, -0.25) is 0 Å². The molecule has 3 aromatic rings. The van der Waals surface area contributed by atoms with Gasteiger partial charge in [0.15, 0.2) is 11.5 Å². The van der Waals surface area contributed by atoms with Crippen molar-refractivity contribution in [2.45, 2.75) is 32.2 Å². The summed E-state index contributed by atoms with van der Waals surface area (Å²) in [7, 11) is 0. The number of nitrogens with two attached hydrogens (primary N) is 1. The lowest BCUT2D eigenvalue weighted by Crippen LogP contribution is -2.44. The number of benzene rings is 1. The van der Waals surface area contributed by atoms with Gasteiger partial charge in [0.25, 0.3) is 0 Å². The van der Waals surface area contributed by atoms with E-state index in [0.29, 0.717) is 53.8 Å². The highest BCUT2D eigenvalue weighted by molar-refractivity contribution is 5.69. The summed E-state index contributed by atoms with van der Waals surface area (Å²) in [5.74, 6) is 0.528. The van der Waals surface area contributed by atoms with Crippen LogP contribution in [-0.2, 0) is 23.9 Å². The molecule has 1 saturated heterocycles. The predicted octanol–water partition coefficient (Wildman–Crippen LogP) is 1.92. The third-order valence-corrected chi connectivity index (χ3v) is 5.70. The monoisotopic (exact) mass is 451 g/mol. The summed E-state index contributed by atoms with van der Waals surface area (Å²) in [6.45, 7) is 2.25. The summed E-state index contributed by atoms with van der Waals surface area (Å²) in [5.41, 5.74) is 7.48. The van der Waals surface area contributed by atoms with Crippen LogP contribution in [0.15, 0.2) is 24.3 Å². The largest absolute Gasteiger partial charge is 0.416 e. The number of imidazole rings is 1. The Morgan fingerprint density at radius 1 is 1.28 bits per heavy atom. The van der Waals surface area contributed by atoms with Crippen molar-refractivity contribution >= 4 is 17.2 Å². The van der Waals surface area contributed by atoms with E-state index in [2.05, 4.69) is 10.1 Å². The zero-order valence-electron chi connectivity index (χ0n) is 17.4. The zero-order valence-corrected chi connectivity index (χ0v) is 17.4. The molecule has 1 fully saturated rings. The van der Waals surface area contributed by atoms with Crippen LogP contribution in [0, 0.1) is 6.92 Å². The number of aromatic nitrogens is 3. The summed E-state index contributed by atoms with van der Waals surface area (Å²) in [5, 5.41) is 23.9. The Bertz CT molecular complexity index is 1130. The van der Waals surface area contributed by atoms with E-state index in [-0.39, 0.29) is 24.7 Å². The molecular formula is C21H24F3N5O3. The van der Waals surface area contributed by atoms with Crippen LogP contribution in [0.1, 0.15) is 28.1 Å². The standard InChI is InChI=1S/C21H24F3N5O3/c1-12-13(3-2-4-15(12)21(22,23)24)7-18-17(11-31)26-20-16(25)8-19(27-29(18)20)28-5-6-32-14(9-28)10-30/h2-4,8,14,30-31H,5-7,9-11,25H2,1H3. The fourth-order valence-corrected chi connectivity index (χ4v) is 3.98.